The van der Waals surface area contributed by atoms with Gasteiger partial charge < -0.3 is 4.90 Å². The van der Waals surface area contributed by atoms with E-state index in [1.165, 1.54) is 5.01 Å². The second-order valence-corrected chi connectivity index (χ2v) is 7.61. The first kappa shape index (κ1) is 17.1. The Labute approximate surface area is 147 Å². The molecule has 1 saturated heterocycles. The molecule has 1 aliphatic heterocycles. The van der Waals surface area contributed by atoms with E-state index >= 15 is 0 Å². The highest BCUT2D eigenvalue weighted by Gasteiger charge is 2.35. The fourth-order valence-electron chi connectivity index (χ4n) is 3.01. The summed E-state index contributed by atoms with van der Waals surface area (Å²) >= 11 is 1.73. The molecule has 24 heavy (non-hydrogen) atoms. The molecular weight excluding hydrogens is 322 g/mol. The number of carbonyl (C=O) groups excluding carboxylic acids is 1. The average Bonchev–Trinajstić information content (AvgIpc) is 3.27. The van der Waals surface area contributed by atoms with E-state index in [-0.39, 0.29) is 5.91 Å². The number of aromatic nitrogens is 3. The first-order valence-corrected chi connectivity index (χ1v) is 9.34. The van der Waals surface area contributed by atoms with E-state index in [1.54, 1.807) is 22.2 Å². The standard InChI is InChI=1S/C17H25N5OS/c1-4-15-19-14(13-24-15)12-20-8-10-21(11-9-20)16(23)17(2,3)22-7-5-6-18-22/h5-7,13H,4,8-12H2,1-3H3. The van der Waals surface area contributed by atoms with Crippen molar-refractivity contribution in [3.05, 3.63) is 34.5 Å². The average molecular weight is 347 g/mol. The number of hydrogen-bond donors (Lipinski definition) is 0. The van der Waals surface area contributed by atoms with E-state index in [2.05, 4.69) is 27.3 Å². The molecule has 1 aliphatic rings. The minimum Gasteiger partial charge on any atom is -0.338 e. The number of amides is 1. The van der Waals surface area contributed by atoms with Gasteiger partial charge in [0.2, 0.25) is 5.91 Å². The summed E-state index contributed by atoms with van der Waals surface area (Å²) in [6.07, 6.45) is 4.56. The fourth-order valence-corrected chi connectivity index (χ4v) is 3.74. The van der Waals surface area contributed by atoms with Crippen LogP contribution < -0.4 is 0 Å². The molecule has 0 atom stereocenters. The van der Waals surface area contributed by atoms with Crippen LogP contribution in [0.4, 0.5) is 0 Å². The molecule has 2 aromatic heterocycles. The smallest absolute Gasteiger partial charge is 0.250 e. The van der Waals surface area contributed by atoms with Gasteiger partial charge in [0.15, 0.2) is 0 Å². The lowest BCUT2D eigenvalue weighted by atomic mass is 10.0. The van der Waals surface area contributed by atoms with E-state index < -0.39 is 5.54 Å². The van der Waals surface area contributed by atoms with Gasteiger partial charge in [0.25, 0.3) is 0 Å². The van der Waals surface area contributed by atoms with Gasteiger partial charge in [-0.1, -0.05) is 6.92 Å². The van der Waals surface area contributed by atoms with Gasteiger partial charge in [0, 0.05) is 50.5 Å². The highest BCUT2D eigenvalue weighted by atomic mass is 32.1. The molecule has 0 aliphatic carbocycles. The molecule has 130 valence electrons. The first-order valence-electron chi connectivity index (χ1n) is 8.46. The fraction of sp³-hybridized carbons (Fsp3) is 0.588. The summed E-state index contributed by atoms with van der Waals surface area (Å²) in [5.74, 6) is 0.132. The molecule has 0 saturated carbocycles. The number of nitrogens with zero attached hydrogens (tertiary/aromatic N) is 5. The van der Waals surface area contributed by atoms with Gasteiger partial charge in [-0.25, -0.2) is 4.98 Å². The first-order chi connectivity index (χ1) is 11.5. The van der Waals surface area contributed by atoms with Crippen LogP contribution in [0.1, 0.15) is 31.5 Å². The number of carbonyl (C=O) groups is 1. The van der Waals surface area contributed by atoms with Crippen molar-refractivity contribution in [2.75, 3.05) is 26.2 Å². The van der Waals surface area contributed by atoms with Gasteiger partial charge in [-0.05, 0) is 26.3 Å². The summed E-state index contributed by atoms with van der Waals surface area (Å²) < 4.78 is 1.74. The number of aryl methyl sites for hydroxylation is 1. The molecule has 2 aromatic rings. The number of piperazine rings is 1. The third-order valence-electron chi connectivity index (χ3n) is 4.55. The lowest BCUT2D eigenvalue weighted by Gasteiger charge is -2.38. The molecule has 0 spiro atoms. The molecule has 0 unspecified atom stereocenters. The monoisotopic (exact) mass is 347 g/mol. The van der Waals surface area contributed by atoms with Gasteiger partial charge in [-0.3, -0.25) is 14.4 Å². The van der Waals surface area contributed by atoms with Crippen LogP contribution in [-0.4, -0.2) is 56.7 Å². The summed E-state index contributed by atoms with van der Waals surface area (Å²) in [7, 11) is 0. The van der Waals surface area contributed by atoms with Crippen LogP contribution in [0.25, 0.3) is 0 Å². The third-order valence-corrected chi connectivity index (χ3v) is 5.59. The maximum atomic E-state index is 12.9. The van der Waals surface area contributed by atoms with Gasteiger partial charge in [0.05, 0.1) is 10.7 Å². The molecule has 6 nitrogen and oxygen atoms in total. The van der Waals surface area contributed by atoms with Crippen molar-refractivity contribution in [3.63, 3.8) is 0 Å². The van der Waals surface area contributed by atoms with Crippen molar-refractivity contribution in [2.24, 2.45) is 0 Å². The largest absolute Gasteiger partial charge is 0.338 e. The summed E-state index contributed by atoms with van der Waals surface area (Å²) in [5.41, 5.74) is 0.505. The van der Waals surface area contributed by atoms with Crippen molar-refractivity contribution in [1.82, 2.24) is 24.6 Å². The zero-order valence-electron chi connectivity index (χ0n) is 14.6. The molecule has 3 heterocycles. The van der Waals surface area contributed by atoms with Crippen molar-refractivity contribution < 1.29 is 4.79 Å². The Hall–Kier alpha value is -1.73. The van der Waals surface area contributed by atoms with Gasteiger partial charge in [-0.15, -0.1) is 11.3 Å². The second kappa shape index (κ2) is 7.03. The predicted octanol–water partition coefficient (Wildman–Crippen LogP) is 1.98. The maximum absolute atomic E-state index is 12.9. The van der Waals surface area contributed by atoms with Crippen LogP contribution in [0.15, 0.2) is 23.8 Å². The molecule has 0 N–H and O–H groups in total. The van der Waals surface area contributed by atoms with E-state index in [1.807, 2.05) is 31.0 Å². The summed E-state index contributed by atoms with van der Waals surface area (Å²) in [6, 6.07) is 1.85. The van der Waals surface area contributed by atoms with Crippen LogP contribution in [0.2, 0.25) is 0 Å². The Kier molecular flexibility index (Phi) is 5.01. The van der Waals surface area contributed by atoms with E-state index in [0.29, 0.717) is 0 Å². The van der Waals surface area contributed by atoms with Crippen LogP contribution in [0.3, 0.4) is 0 Å². The number of hydrogen-bond acceptors (Lipinski definition) is 5. The maximum Gasteiger partial charge on any atom is 0.250 e. The van der Waals surface area contributed by atoms with Crippen LogP contribution in [0.5, 0.6) is 0 Å². The van der Waals surface area contributed by atoms with Crippen molar-refractivity contribution in [1.29, 1.82) is 0 Å². The minimum absolute atomic E-state index is 0.132. The summed E-state index contributed by atoms with van der Waals surface area (Å²) in [5, 5.41) is 7.58. The molecular formula is C17H25N5OS. The van der Waals surface area contributed by atoms with Gasteiger partial charge in [-0.2, -0.15) is 5.10 Å². The lowest BCUT2D eigenvalue weighted by molar-refractivity contribution is -0.141. The number of rotatable bonds is 5. The van der Waals surface area contributed by atoms with E-state index in [4.69, 9.17) is 0 Å². The van der Waals surface area contributed by atoms with Crippen LogP contribution >= 0.6 is 11.3 Å². The van der Waals surface area contributed by atoms with Crippen LogP contribution in [0, 0.1) is 0 Å². The Morgan fingerprint density at radius 1 is 1.29 bits per heavy atom. The quantitative estimate of drug-likeness (QED) is 0.830. The Morgan fingerprint density at radius 2 is 2.04 bits per heavy atom. The SMILES string of the molecule is CCc1nc(CN2CCN(C(=O)C(C)(C)n3cccn3)CC2)cs1. The highest BCUT2D eigenvalue weighted by Crippen LogP contribution is 2.19. The van der Waals surface area contributed by atoms with Crippen molar-refractivity contribution >= 4 is 17.2 Å². The molecule has 0 bridgehead atoms. The van der Waals surface area contributed by atoms with Crippen molar-refractivity contribution in [2.45, 2.75) is 39.3 Å². The van der Waals surface area contributed by atoms with E-state index in [0.717, 1.165) is 44.8 Å². The minimum atomic E-state index is -0.642. The lowest BCUT2D eigenvalue weighted by Crippen LogP contribution is -2.54. The second-order valence-electron chi connectivity index (χ2n) is 6.66. The molecule has 1 amide bonds. The third kappa shape index (κ3) is 3.52. The topological polar surface area (TPSA) is 54.3 Å². The highest BCUT2D eigenvalue weighted by molar-refractivity contribution is 7.09. The summed E-state index contributed by atoms with van der Waals surface area (Å²) in [6.45, 7) is 10.2. The summed E-state index contributed by atoms with van der Waals surface area (Å²) in [4.78, 5) is 21.8. The molecule has 0 radical (unpaired) electrons. The Morgan fingerprint density at radius 3 is 2.62 bits per heavy atom. The Bertz CT molecular complexity index is 671. The normalized spacial score (nSPS) is 16.5. The number of thiazole rings is 1. The van der Waals surface area contributed by atoms with E-state index in [9.17, 15) is 4.79 Å². The van der Waals surface area contributed by atoms with Gasteiger partial charge >= 0.3 is 0 Å². The molecule has 1 fully saturated rings. The van der Waals surface area contributed by atoms with Gasteiger partial charge in [0.1, 0.15) is 5.54 Å². The van der Waals surface area contributed by atoms with Crippen molar-refractivity contribution in [3.8, 4) is 0 Å². The molecule has 0 aromatic carbocycles. The Balaban J connectivity index is 1.55. The molecule has 3 rings (SSSR count). The zero-order valence-corrected chi connectivity index (χ0v) is 15.4. The zero-order chi connectivity index (χ0) is 17.2. The predicted molar refractivity (Wildman–Crippen MR) is 94.9 cm³/mol. The van der Waals surface area contributed by atoms with Crippen LogP contribution in [-0.2, 0) is 23.3 Å². The molecule has 7 heteroatoms.